The number of rotatable bonds is 7. The van der Waals surface area contributed by atoms with E-state index in [2.05, 4.69) is 10.0 Å². The van der Waals surface area contributed by atoms with Gasteiger partial charge < -0.3 is 10.2 Å². The predicted molar refractivity (Wildman–Crippen MR) is 129 cm³/mol. The van der Waals surface area contributed by atoms with Crippen molar-refractivity contribution in [2.45, 2.75) is 97.0 Å². The smallest absolute Gasteiger partial charge is 0.254 e. The Labute approximate surface area is 193 Å². The summed E-state index contributed by atoms with van der Waals surface area (Å²) in [6.45, 7) is 13.0. The highest BCUT2D eigenvalue weighted by atomic mass is 32.2. The number of anilines is 1. The zero-order valence-corrected chi connectivity index (χ0v) is 21.3. The van der Waals surface area contributed by atoms with Crippen LogP contribution in [0.4, 0.5) is 5.69 Å². The number of sulfonamides is 1. The average Bonchev–Trinajstić information content (AvgIpc) is 2.67. The molecular weight excluding hydrogens is 426 g/mol. The zero-order chi connectivity index (χ0) is 24.3. The van der Waals surface area contributed by atoms with Crippen LogP contribution < -0.4 is 10.0 Å². The van der Waals surface area contributed by atoms with Gasteiger partial charge in [0.2, 0.25) is 15.9 Å². The first-order valence-electron chi connectivity index (χ1n) is 11.5. The molecular formula is C24H39N3O4S. The first kappa shape index (κ1) is 26.3. The normalized spacial score (nSPS) is 19.8. The van der Waals surface area contributed by atoms with Crippen molar-refractivity contribution in [2.24, 2.45) is 5.92 Å². The Balaban J connectivity index is 1.98. The van der Waals surface area contributed by atoms with E-state index in [-0.39, 0.29) is 35.9 Å². The van der Waals surface area contributed by atoms with Gasteiger partial charge in [0.25, 0.3) is 5.91 Å². The minimum atomic E-state index is -3.40. The lowest BCUT2D eigenvalue weighted by atomic mass is 9.86. The van der Waals surface area contributed by atoms with Crippen LogP contribution in [0.2, 0.25) is 0 Å². The monoisotopic (exact) mass is 465 g/mol. The van der Waals surface area contributed by atoms with Gasteiger partial charge in [-0.3, -0.25) is 9.59 Å². The average molecular weight is 466 g/mol. The maximum absolute atomic E-state index is 12.9. The van der Waals surface area contributed by atoms with Crippen LogP contribution in [0, 0.1) is 5.92 Å². The van der Waals surface area contributed by atoms with Crippen molar-refractivity contribution in [3.63, 3.8) is 0 Å². The van der Waals surface area contributed by atoms with E-state index in [9.17, 15) is 18.0 Å². The summed E-state index contributed by atoms with van der Waals surface area (Å²) in [4.78, 5) is 27.6. The quantitative estimate of drug-likeness (QED) is 0.632. The summed E-state index contributed by atoms with van der Waals surface area (Å²) < 4.78 is 26.7. The number of hydrogen-bond donors (Lipinski definition) is 2. The molecule has 0 saturated heterocycles. The second-order valence-electron chi connectivity index (χ2n) is 10.3. The molecule has 2 rings (SSSR count). The Morgan fingerprint density at radius 3 is 2.06 bits per heavy atom. The molecule has 32 heavy (non-hydrogen) atoms. The summed E-state index contributed by atoms with van der Waals surface area (Å²) in [7, 11) is -3.40. The van der Waals surface area contributed by atoms with E-state index in [1.807, 2.05) is 32.6 Å². The molecule has 2 N–H and O–H groups in total. The van der Waals surface area contributed by atoms with Crippen LogP contribution in [0.25, 0.3) is 0 Å². The SMILES string of the molecule is CC(C)N(C(=O)c1cccc(NC(=O)[C@H]2CC[C@H](NS(=O)(=O)C(C)(C)C)CC2)c1)C(C)C. The molecule has 1 aliphatic carbocycles. The Kier molecular flexibility index (Phi) is 8.50. The van der Waals surface area contributed by atoms with Gasteiger partial charge in [0.15, 0.2) is 0 Å². The highest BCUT2D eigenvalue weighted by Crippen LogP contribution is 2.27. The van der Waals surface area contributed by atoms with Crippen LogP contribution >= 0.6 is 0 Å². The summed E-state index contributed by atoms with van der Waals surface area (Å²) in [5.74, 6) is -0.318. The van der Waals surface area contributed by atoms with Crippen molar-refractivity contribution in [3.05, 3.63) is 29.8 Å². The molecule has 0 atom stereocenters. The Hall–Kier alpha value is -1.93. The number of nitrogens with one attached hydrogen (secondary N) is 2. The number of carbonyl (C=O) groups is 2. The summed E-state index contributed by atoms with van der Waals surface area (Å²) in [5, 5.41) is 2.94. The van der Waals surface area contributed by atoms with Gasteiger partial charge in [-0.15, -0.1) is 0 Å². The first-order chi connectivity index (χ1) is 14.7. The molecule has 1 aromatic carbocycles. The molecule has 0 aromatic heterocycles. The van der Waals surface area contributed by atoms with Gasteiger partial charge in [0.05, 0.1) is 4.75 Å². The van der Waals surface area contributed by atoms with E-state index in [1.165, 1.54) is 0 Å². The molecule has 0 spiro atoms. The minimum absolute atomic E-state index is 0.0576. The maximum Gasteiger partial charge on any atom is 0.254 e. The second-order valence-corrected chi connectivity index (χ2v) is 12.7. The van der Waals surface area contributed by atoms with Gasteiger partial charge in [-0.1, -0.05) is 6.07 Å². The van der Waals surface area contributed by atoms with Gasteiger partial charge in [0.1, 0.15) is 0 Å². The second kappa shape index (κ2) is 10.3. The van der Waals surface area contributed by atoms with E-state index in [1.54, 1.807) is 45.0 Å². The molecule has 0 radical (unpaired) electrons. The summed E-state index contributed by atoms with van der Waals surface area (Å²) in [6.07, 6.45) is 2.50. The van der Waals surface area contributed by atoms with Gasteiger partial charge in [0, 0.05) is 35.3 Å². The van der Waals surface area contributed by atoms with Crippen LogP contribution in [-0.4, -0.2) is 48.0 Å². The van der Waals surface area contributed by atoms with Gasteiger partial charge in [-0.05, 0) is 92.3 Å². The van der Waals surface area contributed by atoms with E-state index in [0.29, 0.717) is 36.9 Å². The van der Waals surface area contributed by atoms with Crippen molar-refractivity contribution < 1.29 is 18.0 Å². The predicted octanol–water partition coefficient (Wildman–Crippen LogP) is 4.16. The topological polar surface area (TPSA) is 95.6 Å². The zero-order valence-electron chi connectivity index (χ0n) is 20.4. The number of benzene rings is 1. The van der Waals surface area contributed by atoms with Crippen molar-refractivity contribution in [3.8, 4) is 0 Å². The van der Waals surface area contributed by atoms with Crippen LogP contribution in [-0.2, 0) is 14.8 Å². The van der Waals surface area contributed by atoms with Crippen molar-refractivity contribution in [1.29, 1.82) is 0 Å². The molecule has 1 aromatic rings. The lowest BCUT2D eigenvalue weighted by Crippen LogP contribution is -2.46. The molecule has 1 aliphatic rings. The fraction of sp³-hybridized carbons (Fsp3) is 0.667. The third-order valence-electron chi connectivity index (χ3n) is 5.95. The summed E-state index contributed by atoms with van der Waals surface area (Å²) >= 11 is 0. The van der Waals surface area contributed by atoms with Crippen LogP contribution in [0.15, 0.2) is 24.3 Å². The molecule has 2 amide bonds. The number of amides is 2. The Bertz CT molecular complexity index is 903. The summed E-state index contributed by atoms with van der Waals surface area (Å²) in [6, 6.07) is 7.07. The van der Waals surface area contributed by atoms with E-state index < -0.39 is 14.8 Å². The summed E-state index contributed by atoms with van der Waals surface area (Å²) in [5.41, 5.74) is 1.15. The van der Waals surface area contributed by atoms with Crippen LogP contribution in [0.5, 0.6) is 0 Å². The highest BCUT2D eigenvalue weighted by Gasteiger charge is 2.34. The number of hydrogen-bond acceptors (Lipinski definition) is 4. The minimum Gasteiger partial charge on any atom is -0.334 e. The van der Waals surface area contributed by atoms with Gasteiger partial charge >= 0.3 is 0 Å². The first-order valence-corrected chi connectivity index (χ1v) is 13.0. The Morgan fingerprint density at radius 1 is 1.00 bits per heavy atom. The lowest BCUT2D eigenvalue weighted by Gasteiger charge is -2.31. The molecule has 8 heteroatoms. The third-order valence-corrected chi connectivity index (χ3v) is 8.21. The fourth-order valence-corrected chi connectivity index (χ4v) is 5.09. The van der Waals surface area contributed by atoms with Crippen molar-refractivity contribution >= 4 is 27.5 Å². The number of nitrogens with zero attached hydrogens (tertiary/aromatic N) is 1. The molecule has 7 nitrogen and oxygen atoms in total. The van der Waals surface area contributed by atoms with Crippen molar-refractivity contribution in [1.82, 2.24) is 9.62 Å². The van der Waals surface area contributed by atoms with E-state index >= 15 is 0 Å². The molecule has 0 unspecified atom stereocenters. The highest BCUT2D eigenvalue weighted by molar-refractivity contribution is 7.90. The lowest BCUT2D eigenvalue weighted by molar-refractivity contribution is -0.120. The van der Waals surface area contributed by atoms with Crippen LogP contribution in [0.3, 0.4) is 0 Å². The Morgan fingerprint density at radius 2 is 1.56 bits per heavy atom. The fourth-order valence-electron chi connectivity index (χ4n) is 4.06. The van der Waals surface area contributed by atoms with Crippen molar-refractivity contribution in [2.75, 3.05) is 5.32 Å². The van der Waals surface area contributed by atoms with Gasteiger partial charge in [-0.2, -0.15) is 0 Å². The molecule has 0 bridgehead atoms. The molecule has 1 fully saturated rings. The molecule has 1 saturated carbocycles. The van der Waals surface area contributed by atoms with E-state index in [4.69, 9.17) is 0 Å². The van der Waals surface area contributed by atoms with Crippen LogP contribution in [0.1, 0.15) is 84.5 Å². The molecule has 0 aliphatic heterocycles. The largest absolute Gasteiger partial charge is 0.334 e. The molecule has 180 valence electrons. The maximum atomic E-state index is 12.9. The number of carbonyl (C=O) groups excluding carboxylic acids is 2. The standard InChI is InChI=1S/C24H39N3O4S/c1-16(2)27(17(3)4)23(29)19-9-8-10-21(15-19)25-22(28)18-11-13-20(14-12-18)26-32(30,31)24(5,6)7/h8-10,15-18,20,26H,11-14H2,1-7H3,(H,25,28)/t18-,20-. The molecule has 0 heterocycles. The van der Waals surface area contributed by atoms with E-state index in [0.717, 1.165) is 0 Å². The third kappa shape index (κ3) is 6.54. The van der Waals surface area contributed by atoms with Gasteiger partial charge in [-0.25, -0.2) is 13.1 Å².